The van der Waals surface area contributed by atoms with Crippen LogP contribution in [0.1, 0.15) is 48.5 Å². The summed E-state index contributed by atoms with van der Waals surface area (Å²) in [5, 5.41) is 12.4. The smallest absolute Gasteiger partial charge is 0.311 e. The van der Waals surface area contributed by atoms with Gasteiger partial charge in [0, 0.05) is 23.5 Å². The van der Waals surface area contributed by atoms with Crippen LogP contribution in [-0.4, -0.2) is 26.2 Å². The van der Waals surface area contributed by atoms with Crippen LogP contribution in [-0.2, 0) is 10.3 Å². The van der Waals surface area contributed by atoms with Crippen LogP contribution in [0, 0.1) is 5.41 Å². The molecule has 21 heavy (non-hydrogen) atoms. The van der Waals surface area contributed by atoms with Crippen LogP contribution in [0.3, 0.4) is 0 Å². The number of rotatable bonds is 4. The maximum absolute atomic E-state index is 12.5. The molecular formula is C15H25N3O3. The van der Waals surface area contributed by atoms with Crippen LogP contribution < -0.4 is 10.9 Å². The van der Waals surface area contributed by atoms with Crippen LogP contribution in [0.5, 0.6) is 0 Å². The van der Waals surface area contributed by atoms with Gasteiger partial charge in [0.15, 0.2) is 5.82 Å². The molecule has 2 N–H and O–H groups in total. The predicted octanol–water partition coefficient (Wildman–Crippen LogP) is 2.30. The summed E-state index contributed by atoms with van der Waals surface area (Å²) < 4.78 is 1.58. The molecular weight excluding hydrogens is 270 g/mol. The topological polar surface area (TPSA) is 84.2 Å². The molecule has 0 aliphatic carbocycles. The van der Waals surface area contributed by atoms with E-state index in [0.29, 0.717) is 0 Å². The van der Waals surface area contributed by atoms with Gasteiger partial charge in [-0.3, -0.25) is 9.59 Å². The molecule has 0 aliphatic rings. The first kappa shape index (κ1) is 17.2. The minimum atomic E-state index is -1.07. The number of nitrogens with one attached hydrogen (secondary N) is 1. The molecule has 1 aromatic rings. The van der Waals surface area contributed by atoms with Gasteiger partial charge in [0.25, 0.3) is 5.56 Å². The molecule has 0 aliphatic heterocycles. The van der Waals surface area contributed by atoms with E-state index in [4.69, 9.17) is 0 Å². The maximum atomic E-state index is 12.5. The van der Waals surface area contributed by atoms with Crippen LogP contribution in [0.15, 0.2) is 17.2 Å². The maximum Gasteiger partial charge on any atom is 0.311 e. The zero-order chi connectivity index (χ0) is 16.6. The monoisotopic (exact) mass is 295 g/mol. The molecule has 118 valence electrons. The lowest BCUT2D eigenvalue weighted by Crippen LogP contribution is -2.52. The van der Waals surface area contributed by atoms with E-state index in [1.807, 2.05) is 20.8 Å². The van der Waals surface area contributed by atoms with Crippen molar-refractivity contribution in [3.63, 3.8) is 0 Å². The van der Waals surface area contributed by atoms with Crippen LogP contribution in [0.25, 0.3) is 0 Å². The molecule has 0 radical (unpaired) electrons. The number of anilines is 1. The van der Waals surface area contributed by atoms with Crippen LogP contribution in [0.2, 0.25) is 0 Å². The van der Waals surface area contributed by atoms with E-state index < -0.39 is 16.9 Å². The molecule has 0 unspecified atom stereocenters. The molecule has 0 atom stereocenters. The van der Waals surface area contributed by atoms with Gasteiger partial charge >= 0.3 is 5.97 Å². The lowest BCUT2D eigenvalue weighted by atomic mass is 9.74. The Balaban J connectivity index is 3.27. The molecule has 0 amide bonds. The number of aliphatic carboxylic acids is 1. The highest BCUT2D eigenvalue weighted by Gasteiger charge is 2.44. The van der Waals surface area contributed by atoms with Crippen molar-refractivity contribution in [1.29, 1.82) is 0 Å². The van der Waals surface area contributed by atoms with E-state index in [9.17, 15) is 14.7 Å². The van der Waals surface area contributed by atoms with E-state index in [1.54, 1.807) is 44.7 Å². The molecule has 0 bridgehead atoms. The number of hydrogen-bond donors (Lipinski definition) is 2. The summed E-state index contributed by atoms with van der Waals surface area (Å²) in [4.78, 5) is 28.0. The SMILES string of the molecule is CC(C)(C)n1ccnc(NC(C)(C)C(C)(C)C(=O)O)c1=O. The lowest BCUT2D eigenvalue weighted by molar-refractivity contribution is -0.149. The Morgan fingerprint density at radius 1 is 1.19 bits per heavy atom. The van der Waals surface area contributed by atoms with Crippen LogP contribution in [0.4, 0.5) is 5.82 Å². The molecule has 0 aromatic carbocycles. The predicted molar refractivity (Wildman–Crippen MR) is 82.6 cm³/mol. The number of carbonyl (C=O) groups is 1. The summed E-state index contributed by atoms with van der Waals surface area (Å²) in [5.41, 5.74) is -2.55. The quantitative estimate of drug-likeness (QED) is 0.890. The highest BCUT2D eigenvalue weighted by atomic mass is 16.4. The second kappa shape index (κ2) is 5.16. The minimum absolute atomic E-state index is 0.159. The van der Waals surface area contributed by atoms with Gasteiger partial charge in [-0.05, 0) is 48.5 Å². The summed E-state index contributed by atoms with van der Waals surface area (Å²) >= 11 is 0. The third-order valence-corrected chi connectivity index (χ3v) is 4.09. The Morgan fingerprint density at radius 3 is 2.14 bits per heavy atom. The molecule has 6 nitrogen and oxygen atoms in total. The third-order valence-electron chi connectivity index (χ3n) is 4.09. The van der Waals surface area contributed by atoms with Crippen molar-refractivity contribution in [2.75, 3.05) is 5.32 Å². The number of carboxylic acid groups (broad SMARTS) is 1. The van der Waals surface area contributed by atoms with Crippen LogP contribution >= 0.6 is 0 Å². The summed E-state index contributed by atoms with van der Waals surface area (Å²) in [6.07, 6.45) is 3.17. The minimum Gasteiger partial charge on any atom is -0.481 e. The van der Waals surface area contributed by atoms with Crippen molar-refractivity contribution in [3.05, 3.63) is 22.7 Å². The number of carboxylic acids is 1. The van der Waals surface area contributed by atoms with Gasteiger partial charge in [0.05, 0.1) is 5.41 Å². The van der Waals surface area contributed by atoms with E-state index in [0.717, 1.165) is 0 Å². The van der Waals surface area contributed by atoms with Crippen molar-refractivity contribution >= 4 is 11.8 Å². The van der Waals surface area contributed by atoms with Crippen molar-refractivity contribution in [2.45, 2.75) is 59.5 Å². The van der Waals surface area contributed by atoms with Gasteiger partial charge in [-0.2, -0.15) is 0 Å². The Kier molecular flexibility index (Phi) is 4.23. The van der Waals surface area contributed by atoms with Crippen molar-refractivity contribution in [2.24, 2.45) is 5.41 Å². The van der Waals surface area contributed by atoms with E-state index in [1.165, 1.54) is 0 Å². The molecule has 1 rings (SSSR count). The largest absolute Gasteiger partial charge is 0.481 e. The zero-order valence-corrected chi connectivity index (χ0v) is 13.8. The van der Waals surface area contributed by atoms with Gasteiger partial charge in [-0.1, -0.05) is 0 Å². The van der Waals surface area contributed by atoms with Gasteiger partial charge in [0.2, 0.25) is 0 Å². The number of hydrogen-bond acceptors (Lipinski definition) is 4. The molecule has 0 fully saturated rings. The summed E-state index contributed by atoms with van der Waals surface area (Å²) in [6, 6.07) is 0. The number of nitrogens with zero attached hydrogens (tertiary/aromatic N) is 2. The number of aromatic nitrogens is 2. The Hall–Kier alpha value is -1.85. The van der Waals surface area contributed by atoms with E-state index in [2.05, 4.69) is 10.3 Å². The average Bonchev–Trinajstić information content (AvgIpc) is 2.29. The first-order valence-corrected chi connectivity index (χ1v) is 6.90. The van der Waals surface area contributed by atoms with Gasteiger partial charge < -0.3 is 15.0 Å². The fourth-order valence-electron chi connectivity index (χ4n) is 1.75. The van der Waals surface area contributed by atoms with Gasteiger partial charge in [-0.25, -0.2) is 4.98 Å². The Bertz CT molecular complexity index is 595. The zero-order valence-electron chi connectivity index (χ0n) is 13.8. The second-order valence-corrected chi connectivity index (χ2v) is 7.30. The molecule has 1 heterocycles. The van der Waals surface area contributed by atoms with Gasteiger partial charge in [-0.15, -0.1) is 0 Å². The fraction of sp³-hybridized carbons (Fsp3) is 0.667. The fourth-order valence-corrected chi connectivity index (χ4v) is 1.75. The first-order valence-electron chi connectivity index (χ1n) is 6.90. The molecule has 0 saturated heterocycles. The molecule has 0 spiro atoms. The highest BCUT2D eigenvalue weighted by molar-refractivity contribution is 5.76. The normalized spacial score (nSPS) is 13.1. The highest BCUT2D eigenvalue weighted by Crippen LogP contribution is 2.33. The third kappa shape index (κ3) is 3.25. The van der Waals surface area contributed by atoms with Crippen molar-refractivity contribution < 1.29 is 9.90 Å². The Morgan fingerprint density at radius 2 is 1.71 bits per heavy atom. The van der Waals surface area contributed by atoms with E-state index in [-0.39, 0.29) is 16.9 Å². The standard InChI is InChI=1S/C15H25N3O3/c1-13(2,3)18-9-8-16-10(11(18)19)17-15(6,7)14(4,5)12(20)21/h8-9H,1-7H3,(H,16,17)(H,20,21). The molecule has 6 heteroatoms. The first-order chi connectivity index (χ1) is 9.30. The van der Waals surface area contributed by atoms with Gasteiger partial charge in [0.1, 0.15) is 0 Å². The van der Waals surface area contributed by atoms with Crippen molar-refractivity contribution in [1.82, 2.24) is 9.55 Å². The summed E-state index contributed by atoms with van der Waals surface area (Å²) in [5.74, 6) is -0.779. The second-order valence-electron chi connectivity index (χ2n) is 7.30. The van der Waals surface area contributed by atoms with Crippen molar-refractivity contribution in [3.8, 4) is 0 Å². The Labute approximate surface area is 125 Å². The lowest BCUT2D eigenvalue weighted by Gasteiger charge is -2.39. The molecule has 1 aromatic heterocycles. The summed E-state index contributed by atoms with van der Waals surface area (Å²) in [7, 11) is 0. The summed E-state index contributed by atoms with van der Waals surface area (Å²) in [6.45, 7) is 12.5. The van der Waals surface area contributed by atoms with E-state index >= 15 is 0 Å². The molecule has 0 saturated carbocycles. The average molecular weight is 295 g/mol.